The van der Waals surface area contributed by atoms with Crippen LogP contribution in [0.3, 0.4) is 0 Å². The molecule has 0 aliphatic carbocycles. The first-order chi connectivity index (χ1) is 9.11. The van der Waals surface area contributed by atoms with Gasteiger partial charge in [0.2, 0.25) is 0 Å². The van der Waals surface area contributed by atoms with Crippen molar-refractivity contribution in [3.63, 3.8) is 0 Å². The van der Waals surface area contributed by atoms with Crippen LogP contribution >= 0.6 is 15.9 Å². The van der Waals surface area contributed by atoms with Gasteiger partial charge >= 0.3 is 0 Å². The quantitative estimate of drug-likeness (QED) is 0.868. The summed E-state index contributed by atoms with van der Waals surface area (Å²) in [6.45, 7) is 4.86. The van der Waals surface area contributed by atoms with E-state index in [4.69, 9.17) is 0 Å². The van der Waals surface area contributed by atoms with Crippen LogP contribution in [0.1, 0.15) is 29.7 Å². The molecule has 0 saturated heterocycles. The van der Waals surface area contributed by atoms with Crippen LogP contribution in [0.4, 0.5) is 4.39 Å². The fourth-order valence-electron chi connectivity index (χ4n) is 2.20. The van der Waals surface area contributed by atoms with Gasteiger partial charge in [0.25, 0.3) is 0 Å². The maximum absolute atomic E-state index is 14.1. The second kappa shape index (κ2) is 6.31. The molecule has 0 radical (unpaired) electrons. The highest BCUT2D eigenvalue weighted by Crippen LogP contribution is 2.27. The fourth-order valence-corrected chi connectivity index (χ4v) is 2.53. The fraction of sp³-hybridized carbons (Fsp3) is 0.250. The van der Waals surface area contributed by atoms with Crippen molar-refractivity contribution in [2.24, 2.45) is 0 Å². The van der Waals surface area contributed by atoms with Crippen LogP contribution in [0.25, 0.3) is 0 Å². The number of rotatable bonds is 4. The molecule has 0 saturated carbocycles. The van der Waals surface area contributed by atoms with Crippen molar-refractivity contribution in [3.05, 3.63) is 69.4 Å². The average Bonchev–Trinajstić information content (AvgIpc) is 2.37. The smallest absolute Gasteiger partial charge is 0.129 e. The molecular weight excluding hydrogens is 305 g/mol. The maximum atomic E-state index is 14.1. The van der Waals surface area contributed by atoms with Crippen molar-refractivity contribution in [1.29, 1.82) is 0 Å². The molecule has 0 spiro atoms. The third-order valence-corrected chi connectivity index (χ3v) is 3.55. The second-order valence-electron chi connectivity index (χ2n) is 4.57. The van der Waals surface area contributed by atoms with Crippen LogP contribution in [0.5, 0.6) is 0 Å². The summed E-state index contributed by atoms with van der Waals surface area (Å²) < 4.78 is 14.9. The van der Waals surface area contributed by atoms with Crippen LogP contribution in [-0.4, -0.2) is 6.54 Å². The normalized spacial score (nSPS) is 12.4. The van der Waals surface area contributed by atoms with Gasteiger partial charge in [0.15, 0.2) is 0 Å². The summed E-state index contributed by atoms with van der Waals surface area (Å²) >= 11 is 3.29. The largest absolute Gasteiger partial charge is 0.306 e. The molecule has 3 heteroatoms. The van der Waals surface area contributed by atoms with E-state index in [2.05, 4.69) is 27.3 Å². The molecule has 0 aliphatic heterocycles. The minimum Gasteiger partial charge on any atom is -0.306 e. The Hall–Kier alpha value is -1.19. The lowest BCUT2D eigenvalue weighted by Gasteiger charge is -2.20. The number of hydrogen-bond donors (Lipinski definition) is 1. The molecule has 0 aromatic heterocycles. The summed E-state index contributed by atoms with van der Waals surface area (Å²) in [7, 11) is 0. The lowest BCUT2D eigenvalue weighted by atomic mass is 9.97. The molecule has 1 nitrogen and oxygen atoms in total. The molecule has 2 rings (SSSR count). The number of aryl methyl sites for hydroxylation is 1. The third-order valence-electron chi connectivity index (χ3n) is 3.06. The van der Waals surface area contributed by atoms with E-state index in [1.807, 2.05) is 44.2 Å². The number of halogens is 2. The lowest BCUT2D eigenvalue weighted by Crippen LogP contribution is -2.23. The first-order valence-electron chi connectivity index (χ1n) is 6.36. The SMILES string of the molecule is CCNC(c1cccc(C)c1)c1ccc(Br)cc1F. The van der Waals surface area contributed by atoms with Gasteiger partial charge in [-0.1, -0.05) is 58.7 Å². The molecule has 1 N–H and O–H groups in total. The van der Waals surface area contributed by atoms with E-state index in [0.29, 0.717) is 5.56 Å². The van der Waals surface area contributed by atoms with Crippen molar-refractivity contribution in [2.45, 2.75) is 19.9 Å². The van der Waals surface area contributed by atoms with Crippen LogP contribution in [0, 0.1) is 12.7 Å². The highest BCUT2D eigenvalue weighted by atomic mass is 79.9. The van der Waals surface area contributed by atoms with Crippen LogP contribution < -0.4 is 5.32 Å². The molecule has 0 heterocycles. The van der Waals surface area contributed by atoms with E-state index in [0.717, 1.165) is 16.6 Å². The Morgan fingerprint density at radius 3 is 2.63 bits per heavy atom. The van der Waals surface area contributed by atoms with Crippen LogP contribution in [-0.2, 0) is 0 Å². The van der Waals surface area contributed by atoms with Gasteiger partial charge < -0.3 is 5.32 Å². The highest BCUT2D eigenvalue weighted by molar-refractivity contribution is 9.10. The van der Waals surface area contributed by atoms with E-state index in [9.17, 15) is 4.39 Å². The van der Waals surface area contributed by atoms with Gasteiger partial charge in [0.05, 0.1) is 6.04 Å². The summed E-state index contributed by atoms with van der Waals surface area (Å²) in [5, 5.41) is 3.35. The predicted molar refractivity (Wildman–Crippen MR) is 80.8 cm³/mol. The summed E-state index contributed by atoms with van der Waals surface area (Å²) in [4.78, 5) is 0. The molecular formula is C16H17BrFN. The second-order valence-corrected chi connectivity index (χ2v) is 5.49. The number of benzene rings is 2. The summed E-state index contributed by atoms with van der Waals surface area (Å²) in [5.41, 5.74) is 2.94. The molecule has 0 amide bonds. The minimum absolute atomic E-state index is 0.113. The van der Waals surface area contributed by atoms with Crippen molar-refractivity contribution in [2.75, 3.05) is 6.54 Å². The zero-order chi connectivity index (χ0) is 13.8. The Bertz CT molecular complexity index is 568. The Labute approximate surface area is 122 Å². The zero-order valence-corrected chi connectivity index (χ0v) is 12.7. The van der Waals surface area contributed by atoms with E-state index < -0.39 is 0 Å². The van der Waals surface area contributed by atoms with E-state index in [1.54, 1.807) is 0 Å². The molecule has 19 heavy (non-hydrogen) atoms. The first-order valence-corrected chi connectivity index (χ1v) is 7.16. The predicted octanol–water partition coefficient (Wildman–Crippen LogP) is 4.60. The van der Waals surface area contributed by atoms with Gasteiger partial charge in [-0.05, 0) is 31.2 Å². The Morgan fingerprint density at radius 1 is 1.21 bits per heavy atom. The third kappa shape index (κ3) is 3.43. The molecule has 0 fully saturated rings. The van der Waals surface area contributed by atoms with Gasteiger partial charge in [-0.3, -0.25) is 0 Å². The van der Waals surface area contributed by atoms with Crippen molar-refractivity contribution < 1.29 is 4.39 Å². The zero-order valence-electron chi connectivity index (χ0n) is 11.1. The molecule has 2 aromatic carbocycles. The average molecular weight is 322 g/mol. The molecule has 0 aliphatic rings. The summed E-state index contributed by atoms with van der Waals surface area (Å²) in [5.74, 6) is -0.193. The molecule has 1 unspecified atom stereocenters. The van der Waals surface area contributed by atoms with Gasteiger partial charge in [0, 0.05) is 10.0 Å². The van der Waals surface area contributed by atoms with E-state index in [-0.39, 0.29) is 11.9 Å². The number of hydrogen-bond acceptors (Lipinski definition) is 1. The van der Waals surface area contributed by atoms with Crippen molar-refractivity contribution in [1.82, 2.24) is 5.32 Å². The molecule has 1 atom stereocenters. The minimum atomic E-state index is -0.193. The highest BCUT2D eigenvalue weighted by Gasteiger charge is 2.17. The standard InChI is InChI=1S/C16H17BrFN/c1-3-19-16(12-6-4-5-11(2)9-12)14-8-7-13(17)10-15(14)18/h4-10,16,19H,3H2,1-2H3. The molecule has 0 bridgehead atoms. The topological polar surface area (TPSA) is 12.0 Å². The summed E-state index contributed by atoms with van der Waals surface area (Å²) in [6.07, 6.45) is 0. The Kier molecular flexibility index (Phi) is 4.72. The van der Waals surface area contributed by atoms with Gasteiger partial charge in [-0.15, -0.1) is 0 Å². The number of nitrogens with one attached hydrogen (secondary N) is 1. The molecule has 100 valence electrons. The van der Waals surface area contributed by atoms with Gasteiger partial charge in [-0.2, -0.15) is 0 Å². The monoisotopic (exact) mass is 321 g/mol. The maximum Gasteiger partial charge on any atom is 0.129 e. The first kappa shape index (κ1) is 14.2. The molecule has 2 aromatic rings. The Morgan fingerprint density at radius 2 is 2.00 bits per heavy atom. The van der Waals surface area contributed by atoms with E-state index >= 15 is 0 Å². The summed E-state index contributed by atoms with van der Waals surface area (Å²) in [6, 6.07) is 13.3. The van der Waals surface area contributed by atoms with Crippen molar-refractivity contribution >= 4 is 15.9 Å². The van der Waals surface area contributed by atoms with Crippen molar-refractivity contribution in [3.8, 4) is 0 Å². The Balaban J connectivity index is 2.45. The van der Waals surface area contributed by atoms with Gasteiger partial charge in [-0.25, -0.2) is 4.39 Å². The van der Waals surface area contributed by atoms with Crippen LogP contribution in [0.2, 0.25) is 0 Å². The van der Waals surface area contributed by atoms with Crippen LogP contribution in [0.15, 0.2) is 46.9 Å². The lowest BCUT2D eigenvalue weighted by molar-refractivity contribution is 0.558. The van der Waals surface area contributed by atoms with Gasteiger partial charge in [0.1, 0.15) is 5.82 Å². The van der Waals surface area contributed by atoms with E-state index in [1.165, 1.54) is 11.6 Å².